The lowest BCUT2D eigenvalue weighted by molar-refractivity contribution is 1.08. The molecule has 308 valence electrons. The maximum atomic E-state index is 4.98. The first-order chi connectivity index (χ1) is 32.2. The highest BCUT2D eigenvalue weighted by molar-refractivity contribution is 5.92. The average molecular weight is 834 g/mol. The quantitative estimate of drug-likeness (QED) is 0.130. The second-order valence-electron chi connectivity index (χ2n) is 15.9. The third-order valence-electron chi connectivity index (χ3n) is 11.9. The van der Waals surface area contributed by atoms with Crippen LogP contribution in [0.1, 0.15) is 0 Å². The van der Waals surface area contributed by atoms with Crippen molar-refractivity contribution in [2.24, 2.45) is 0 Å². The smallest absolute Gasteiger partial charge is 0.168 e. The van der Waals surface area contributed by atoms with E-state index in [0.29, 0.717) is 0 Å². The molecule has 0 aliphatic heterocycles. The van der Waals surface area contributed by atoms with Gasteiger partial charge in [-0.1, -0.05) is 170 Å². The number of para-hydroxylation sites is 4. The van der Waals surface area contributed by atoms with Crippen LogP contribution < -0.4 is 9.80 Å². The lowest BCUT2D eigenvalue weighted by atomic mass is 10.0. The number of benzene rings is 10. The second-order valence-corrected chi connectivity index (χ2v) is 15.9. The largest absolute Gasteiger partial charge is 0.311 e. The van der Waals surface area contributed by atoms with Crippen molar-refractivity contribution in [2.45, 2.75) is 0 Å². The van der Waals surface area contributed by atoms with Crippen LogP contribution in [0.5, 0.6) is 0 Å². The molecular weight excluding hydrogens is 791 g/mol. The van der Waals surface area contributed by atoms with Gasteiger partial charge in [0.05, 0.1) is 5.69 Å². The summed E-state index contributed by atoms with van der Waals surface area (Å²) in [5, 5.41) is 12.2. The molecular formula is C60H43N5. The maximum Gasteiger partial charge on any atom is 0.168 e. The van der Waals surface area contributed by atoms with Gasteiger partial charge in [-0.15, -0.1) is 10.2 Å². The van der Waals surface area contributed by atoms with Gasteiger partial charge in [-0.3, -0.25) is 4.57 Å². The van der Waals surface area contributed by atoms with E-state index in [-0.39, 0.29) is 0 Å². The molecule has 0 unspecified atom stereocenters. The number of fused-ring (bicyclic) bond motifs is 1. The van der Waals surface area contributed by atoms with Gasteiger partial charge in [0.1, 0.15) is 0 Å². The molecule has 5 heteroatoms. The summed E-state index contributed by atoms with van der Waals surface area (Å²) < 4.78 is 2.22. The van der Waals surface area contributed by atoms with E-state index >= 15 is 0 Å². The van der Waals surface area contributed by atoms with Gasteiger partial charge in [0, 0.05) is 50.6 Å². The van der Waals surface area contributed by atoms with E-state index in [1.165, 1.54) is 0 Å². The lowest BCUT2D eigenvalue weighted by Crippen LogP contribution is -2.09. The van der Waals surface area contributed by atoms with Gasteiger partial charge in [0.2, 0.25) is 0 Å². The zero-order valence-corrected chi connectivity index (χ0v) is 35.6. The van der Waals surface area contributed by atoms with Crippen LogP contribution in [0, 0.1) is 0 Å². The van der Waals surface area contributed by atoms with Crippen molar-refractivity contribution in [2.75, 3.05) is 9.80 Å². The number of hydrogen-bond donors (Lipinski definition) is 0. The number of aromatic nitrogens is 3. The average Bonchev–Trinajstić information content (AvgIpc) is 3.84. The summed E-state index contributed by atoms with van der Waals surface area (Å²) in [6.45, 7) is 0. The minimum Gasteiger partial charge on any atom is -0.311 e. The van der Waals surface area contributed by atoms with Crippen molar-refractivity contribution >= 4 is 44.9 Å². The van der Waals surface area contributed by atoms with Crippen molar-refractivity contribution in [1.82, 2.24) is 14.8 Å². The zero-order valence-electron chi connectivity index (χ0n) is 35.6. The Morgan fingerprint density at radius 3 is 1.03 bits per heavy atom. The van der Waals surface area contributed by atoms with Crippen LogP contribution in [0.4, 0.5) is 34.1 Å². The molecule has 0 aliphatic rings. The van der Waals surface area contributed by atoms with Crippen molar-refractivity contribution in [3.8, 4) is 50.7 Å². The Labute approximate surface area is 379 Å². The summed E-state index contributed by atoms with van der Waals surface area (Å²) in [5.74, 6) is 1.54. The normalized spacial score (nSPS) is 11.1. The molecule has 0 atom stereocenters. The molecule has 0 radical (unpaired) electrons. The van der Waals surface area contributed by atoms with Crippen LogP contribution in [0.15, 0.2) is 261 Å². The molecule has 10 aromatic carbocycles. The molecule has 11 aromatic rings. The summed E-state index contributed by atoms with van der Waals surface area (Å²) in [4.78, 5) is 4.56. The highest BCUT2D eigenvalue weighted by atomic mass is 15.3. The molecule has 1 aromatic heterocycles. The summed E-state index contributed by atoms with van der Waals surface area (Å²) in [7, 11) is 0. The topological polar surface area (TPSA) is 37.2 Å². The van der Waals surface area contributed by atoms with Crippen molar-refractivity contribution in [1.29, 1.82) is 0 Å². The van der Waals surface area contributed by atoms with Crippen LogP contribution in [0.3, 0.4) is 0 Å². The monoisotopic (exact) mass is 833 g/mol. The Morgan fingerprint density at radius 1 is 0.262 bits per heavy atom. The standard InChI is InChI=1S/C60H43N5/c1-5-24-51(25-6-1)63(52-26-7-2-8-27-52)55-38-34-44(35-39-55)47-20-15-22-49(42-47)59-61-62-60(65(59)58-33-17-19-46-18-13-14-32-57(46)58)50-23-16-21-48(43-50)45-36-40-56(41-37-45)64(53-28-9-3-10-29-53)54-30-11-4-12-31-54/h1-43H. The van der Waals surface area contributed by atoms with E-state index in [1.807, 2.05) is 0 Å². The van der Waals surface area contributed by atoms with E-state index in [0.717, 1.165) is 95.6 Å². The summed E-state index contributed by atoms with van der Waals surface area (Å²) >= 11 is 0. The van der Waals surface area contributed by atoms with Crippen LogP contribution >= 0.6 is 0 Å². The summed E-state index contributed by atoms with van der Waals surface area (Å²) in [5.41, 5.74) is 14.0. The van der Waals surface area contributed by atoms with Gasteiger partial charge in [0.15, 0.2) is 11.6 Å². The molecule has 0 spiro atoms. The van der Waals surface area contributed by atoms with Gasteiger partial charge in [0.25, 0.3) is 0 Å². The third-order valence-corrected chi connectivity index (χ3v) is 11.9. The molecule has 0 fully saturated rings. The molecule has 5 nitrogen and oxygen atoms in total. The number of nitrogens with zero attached hydrogens (tertiary/aromatic N) is 5. The highest BCUT2D eigenvalue weighted by Crippen LogP contribution is 2.39. The first kappa shape index (κ1) is 39.1. The van der Waals surface area contributed by atoms with E-state index in [1.54, 1.807) is 0 Å². The molecule has 0 amide bonds. The summed E-state index contributed by atoms with van der Waals surface area (Å²) in [6, 6.07) is 91.8. The molecule has 65 heavy (non-hydrogen) atoms. The van der Waals surface area contributed by atoms with Crippen molar-refractivity contribution < 1.29 is 0 Å². The Morgan fingerprint density at radius 2 is 0.600 bits per heavy atom. The van der Waals surface area contributed by atoms with E-state index < -0.39 is 0 Å². The van der Waals surface area contributed by atoms with E-state index in [4.69, 9.17) is 10.2 Å². The Hall–Kier alpha value is -8.80. The lowest BCUT2D eigenvalue weighted by Gasteiger charge is -2.25. The third kappa shape index (κ3) is 7.84. The van der Waals surface area contributed by atoms with Crippen LogP contribution in [-0.4, -0.2) is 14.8 Å². The van der Waals surface area contributed by atoms with Crippen LogP contribution in [0.2, 0.25) is 0 Å². The molecule has 0 saturated carbocycles. The number of hydrogen-bond acceptors (Lipinski definition) is 4. The second kappa shape index (κ2) is 17.5. The van der Waals surface area contributed by atoms with Gasteiger partial charge < -0.3 is 9.80 Å². The minimum atomic E-state index is 0.769. The SMILES string of the molecule is c1ccc(N(c2ccccc2)c2ccc(-c3cccc(-c4nnc(-c5cccc(-c6ccc(N(c7ccccc7)c7ccccc7)cc6)c5)n4-c4cccc5ccccc45)c3)cc2)cc1. The first-order valence-electron chi connectivity index (χ1n) is 21.9. The van der Waals surface area contributed by atoms with Crippen LogP contribution in [0.25, 0.3) is 61.5 Å². The fraction of sp³-hybridized carbons (Fsp3) is 0. The van der Waals surface area contributed by atoms with Gasteiger partial charge >= 0.3 is 0 Å². The molecule has 0 saturated heterocycles. The number of rotatable bonds is 11. The van der Waals surface area contributed by atoms with Crippen LogP contribution in [-0.2, 0) is 0 Å². The Kier molecular flexibility index (Phi) is 10.5. The van der Waals surface area contributed by atoms with E-state index in [9.17, 15) is 0 Å². The molecule has 0 N–H and O–H groups in total. The molecule has 0 bridgehead atoms. The van der Waals surface area contributed by atoms with Gasteiger partial charge in [-0.05, 0) is 119 Å². The van der Waals surface area contributed by atoms with Crippen molar-refractivity contribution in [3.63, 3.8) is 0 Å². The fourth-order valence-corrected chi connectivity index (χ4v) is 8.77. The zero-order chi connectivity index (χ0) is 43.4. The number of anilines is 6. The predicted molar refractivity (Wildman–Crippen MR) is 270 cm³/mol. The first-order valence-corrected chi connectivity index (χ1v) is 21.9. The predicted octanol–water partition coefficient (Wildman–Crippen LogP) is 16.0. The highest BCUT2D eigenvalue weighted by Gasteiger charge is 2.21. The Bertz CT molecular complexity index is 3080. The molecule has 11 rings (SSSR count). The fourth-order valence-electron chi connectivity index (χ4n) is 8.77. The molecule has 1 heterocycles. The van der Waals surface area contributed by atoms with Gasteiger partial charge in [-0.25, -0.2) is 0 Å². The Balaban J connectivity index is 0.966. The maximum absolute atomic E-state index is 4.98. The summed E-state index contributed by atoms with van der Waals surface area (Å²) in [6.07, 6.45) is 0. The van der Waals surface area contributed by atoms with Crippen molar-refractivity contribution in [3.05, 3.63) is 261 Å². The van der Waals surface area contributed by atoms with E-state index in [2.05, 4.69) is 275 Å². The molecule has 0 aliphatic carbocycles. The van der Waals surface area contributed by atoms with Gasteiger partial charge in [-0.2, -0.15) is 0 Å². The minimum absolute atomic E-state index is 0.769.